The molecule has 2 heterocycles. The molecule has 1 N–H and O–H groups in total. The second kappa shape index (κ2) is 6.31. The van der Waals surface area contributed by atoms with Crippen LogP contribution in [0.4, 0.5) is 0 Å². The lowest BCUT2D eigenvalue weighted by Gasteiger charge is -2.33. The molecule has 1 amide bonds. The number of carbonyl (C=O) groups is 2. The highest BCUT2D eigenvalue weighted by molar-refractivity contribution is 5.89. The average Bonchev–Trinajstić information content (AvgIpc) is 3.31. The highest BCUT2D eigenvalue weighted by Crippen LogP contribution is 2.43. The topological polar surface area (TPSA) is 96.5 Å². The SMILES string of the molecule is O=C(O)[C@@H]1C[C@H]1C(=O)N1CCCC[C@H]1c1nc(-c2ccccc2)no1. The highest BCUT2D eigenvalue weighted by atomic mass is 16.5. The van der Waals surface area contributed by atoms with Crippen molar-refractivity contribution in [2.45, 2.75) is 31.7 Å². The normalized spacial score (nSPS) is 25.6. The van der Waals surface area contributed by atoms with Gasteiger partial charge in [-0.15, -0.1) is 0 Å². The van der Waals surface area contributed by atoms with E-state index in [1.807, 2.05) is 30.3 Å². The summed E-state index contributed by atoms with van der Waals surface area (Å²) in [6.45, 7) is 0.607. The molecule has 2 fully saturated rings. The van der Waals surface area contributed by atoms with Crippen molar-refractivity contribution in [3.63, 3.8) is 0 Å². The highest BCUT2D eigenvalue weighted by Gasteiger charge is 2.51. The van der Waals surface area contributed by atoms with Gasteiger partial charge in [-0.2, -0.15) is 4.98 Å². The summed E-state index contributed by atoms with van der Waals surface area (Å²) in [5.41, 5.74) is 0.860. The van der Waals surface area contributed by atoms with Gasteiger partial charge in [0.1, 0.15) is 6.04 Å². The zero-order chi connectivity index (χ0) is 17.4. The lowest BCUT2D eigenvalue weighted by molar-refractivity contribution is -0.143. The van der Waals surface area contributed by atoms with Gasteiger partial charge in [-0.1, -0.05) is 35.5 Å². The van der Waals surface area contributed by atoms with E-state index in [-0.39, 0.29) is 11.9 Å². The van der Waals surface area contributed by atoms with Gasteiger partial charge in [0, 0.05) is 12.1 Å². The second-order valence-corrected chi connectivity index (χ2v) is 6.65. The van der Waals surface area contributed by atoms with Crippen molar-refractivity contribution >= 4 is 11.9 Å². The summed E-state index contributed by atoms with van der Waals surface area (Å²) in [6, 6.07) is 9.27. The molecule has 4 rings (SSSR count). The van der Waals surface area contributed by atoms with E-state index in [0.29, 0.717) is 24.7 Å². The number of amides is 1. The Morgan fingerprint density at radius 1 is 1.16 bits per heavy atom. The zero-order valence-corrected chi connectivity index (χ0v) is 13.7. The van der Waals surface area contributed by atoms with Crippen LogP contribution < -0.4 is 0 Å². The first kappa shape index (κ1) is 15.8. The van der Waals surface area contributed by atoms with Gasteiger partial charge in [0.25, 0.3) is 0 Å². The Morgan fingerprint density at radius 3 is 2.68 bits per heavy atom. The molecule has 3 atom stereocenters. The Morgan fingerprint density at radius 2 is 1.96 bits per heavy atom. The van der Waals surface area contributed by atoms with Crippen LogP contribution in [0, 0.1) is 11.8 Å². The summed E-state index contributed by atoms with van der Waals surface area (Å²) < 4.78 is 5.44. The first-order chi connectivity index (χ1) is 12.1. The van der Waals surface area contributed by atoms with E-state index in [0.717, 1.165) is 24.8 Å². The molecule has 0 bridgehead atoms. The van der Waals surface area contributed by atoms with E-state index in [9.17, 15) is 9.59 Å². The summed E-state index contributed by atoms with van der Waals surface area (Å²) in [5, 5.41) is 13.1. The van der Waals surface area contributed by atoms with Crippen LogP contribution in [0.5, 0.6) is 0 Å². The Labute approximate surface area is 144 Å². The molecule has 1 aromatic carbocycles. The van der Waals surface area contributed by atoms with Crippen molar-refractivity contribution in [3.05, 3.63) is 36.2 Å². The van der Waals surface area contributed by atoms with Crippen molar-refractivity contribution in [3.8, 4) is 11.4 Å². The largest absolute Gasteiger partial charge is 0.481 e. The molecule has 0 unspecified atom stereocenters. The zero-order valence-electron chi connectivity index (χ0n) is 13.7. The van der Waals surface area contributed by atoms with Crippen LogP contribution in [0.3, 0.4) is 0 Å². The number of carboxylic acid groups (broad SMARTS) is 1. The first-order valence-corrected chi connectivity index (χ1v) is 8.57. The third-order valence-electron chi connectivity index (χ3n) is 4.97. The fourth-order valence-corrected chi connectivity index (χ4v) is 3.48. The standard InChI is InChI=1S/C18H19N3O4/c22-17(12-10-13(12)18(23)24)21-9-5-4-8-14(21)16-19-15(20-25-16)11-6-2-1-3-7-11/h1-3,6-7,12-14H,4-5,8-10H2,(H,23,24)/t12-,13-,14+/m1/s1. The van der Waals surface area contributed by atoms with E-state index in [1.165, 1.54) is 0 Å². The molecular weight excluding hydrogens is 322 g/mol. The fraction of sp³-hybridized carbons (Fsp3) is 0.444. The second-order valence-electron chi connectivity index (χ2n) is 6.65. The first-order valence-electron chi connectivity index (χ1n) is 8.57. The predicted octanol–water partition coefficient (Wildman–Crippen LogP) is 2.51. The van der Waals surface area contributed by atoms with Crippen molar-refractivity contribution in [2.24, 2.45) is 11.8 Å². The minimum Gasteiger partial charge on any atom is -0.481 e. The number of hydrogen-bond acceptors (Lipinski definition) is 5. The van der Waals surface area contributed by atoms with Crippen molar-refractivity contribution in [1.82, 2.24) is 15.0 Å². The smallest absolute Gasteiger partial charge is 0.307 e. The summed E-state index contributed by atoms with van der Waals surface area (Å²) in [7, 11) is 0. The average molecular weight is 341 g/mol. The molecule has 0 radical (unpaired) electrons. The number of benzene rings is 1. The van der Waals surface area contributed by atoms with Gasteiger partial charge in [-0.05, 0) is 25.7 Å². The lowest BCUT2D eigenvalue weighted by atomic mass is 10.0. The molecule has 2 aliphatic rings. The van der Waals surface area contributed by atoms with E-state index in [1.54, 1.807) is 4.90 Å². The number of nitrogens with zero attached hydrogens (tertiary/aromatic N) is 3. The number of carbonyl (C=O) groups excluding carboxylic acids is 1. The van der Waals surface area contributed by atoms with Crippen molar-refractivity contribution in [1.29, 1.82) is 0 Å². The van der Waals surface area contributed by atoms with E-state index >= 15 is 0 Å². The van der Waals surface area contributed by atoms with Crippen molar-refractivity contribution in [2.75, 3.05) is 6.54 Å². The molecule has 1 saturated heterocycles. The van der Waals surface area contributed by atoms with Gasteiger partial charge in [-0.3, -0.25) is 9.59 Å². The molecular formula is C18H19N3O4. The number of aliphatic carboxylic acids is 1. The summed E-state index contributed by atoms with van der Waals surface area (Å²) in [6.07, 6.45) is 3.07. The number of aromatic nitrogens is 2. The summed E-state index contributed by atoms with van der Waals surface area (Å²) in [5.74, 6) is -1.01. The number of hydrogen-bond donors (Lipinski definition) is 1. The van der Waals surface area contributed by atoms with Gasteiger partial charge >= 0.3 is 5.97 Å². The number of carboxylic acids is 1. The minimum absolute atomic E-state index is 0.100. The van der Waals surface area contributed by atoms with Crippen LogP contribution in [0.25, 0.3) is 11.4 Å². The Hall–Kier alpha value is -2.70. The molecule has 130 valence electrons. The molecule has 2 aromatic rings. The van der Waals surface area contributed by atoms with E-state index in [2.05, 4.69) is 10.1 Å². The predicted molar refractivity (Wildman–Crippen MR) is 87.3 cm³/mol. The maximum Gasteiger partial charge on any atom is 0.307 e. The quantitative estimate of drug-likeness (QED) is 0.918. The number of likely N-dealkylation sites (tertiary alicyclic amines) is 1. The van der Waals surface area contributed by atoms with Crippen LogP contribution in [0.15, 0.2) is 34.9 Å². The molecule has 0 spiro atoms. The van der Waals surface area contributed by atoms with Gasteiger partial charge in [0.2, 0.25) is 17.6 Å². The number of rotatable bonds is 4. The Bertz CT molecular complexity index is 789. The van der Waals surface area contributed by atoms with E-state index < -0.39 is 17.8 Å². The molecule has 7 nitrogen and oxygen atoms in total. The third-order valence-corrected chi connectivity index (χ3v) is 4.97. The fourth-order valence-electron chi connectivity index (χ4n) is 3.48. The van der Waals surface area contributed by atoms with Crippen LogP contribution in [0.2, 0.25) is 0 Å². The number of piperidine rings is 1. The van der Waals surface area contributed by atoms with Gasteiger partial charge in [0.15, 0.2) is 0 Å². The van der Waals surface area contributed by atoms with Gasteiger partial charge < -0.3 is 14.5 Å². The van der Waals surface area contributed by atoms with Gasteiger partial charge in [0.05, 0.1) is 11.8 Å². The maximum atomic E-state index is 12.7. The monoisotopic (exact) mass is 341 g/mol. The molecule has 1 aliphatic carbocycles. The molecule has 1 aliphatic heterocycles. The van der Waals surface area contributed by atoms with Crippen LogP contribution in [-0.4, -0.2) is 38.6 Å². The maximum absolute atomic E-state index is 12.7. The summed E-state index contributed by atoms with van der Waals surface area (Å²) in [4.78, 5) is 30.0. The van der Waals surface area contributed by atoms with Crippen LogP contribution in [-0.2, 0) is 9.59 Å². The van der Waals surface area contributed by atoms with E-state index in [4.69, 9.17) is 9.63 Å². The van der Waals surface area contributed by atoms with Crippen molar-refractivity contribution < 1.29 is 19.2 Å². The Kier molecular flexibility index (Phi) is 3.99. The molecule has 7 heteroatoms. The molecule has 1 saturated carbocycles. The minimum atomic E-state index is -0.893. The van der Waals surface area contributed by atoms with Gasteiger partial charge in [-0.25, -0.2) is 0 Å². The Balaban J connectivity index is 1.55. The molecule has 1 aromatic heterocycles. The van der Waals surface area contributed by atoms with Crippen LogP contribution >= 0.6 is 0 Å². The third kappa shape index (κ3) is 3.01. The summed E-state index contributed by atoms with van der Waals surface area (Å²) >= 11 is 0. The molecule has 25 heavy (non-hydrogen) atoms. The lowest BCUT2D eigenvalue weighted by Crippen LogP contribution is -2.40. The van der Waals surface area contributed by atoms with Crippen LogP contribution in [0.1, 0.15) is 37.6 Å².